The van der Waals surface area contributed by atoms with Crippen LogP contribution in [-0.4, -0.2) is 36.5 Å². The quantitative estimate of drug-likeness (QED) is 0.943. The van der Waals surface area contributed by atoms with Crippen molar-refractivity contribution in [3.8, 4) is 0 Å². The summed E-state index contributed by atoms with van der Waals surface area (Å²) in [6.07, 6.45) is 2.18. The molecule has 1 unspecified atom stereocenters. The van der Waals surface area contributed by atoms with E-state index < -0.39 is 0 Å². The third-order valence-electron chi connectivity index (χ3n) is 4.20. The minimum absolute atomic E-state index is 0.0000491. The Morgan fingerprint density at radius 1 is 1.43 bits per heavy atom. The number of fused-ring (bicyclic) bond motifs is 1. The molecule has 4 heteroatoms. The van der Waals surface area contributed by atoms with E-state index in [9.17, 15) is 4.79 Å². The van der Waals surface area contributed by atoms with Gasteiger partial charge >= 0.3 is 0 Å². The fourth-order valence-electron chi connectivity index (χ4n) is 3.08. The second-order valence-electron chi connectivity index (χ2n) is 5.74. The number of likely N-dealkylation sites (N-methyl/N-ethyl adjacent to an activating group) is 1. The van der Waals surface area contributed by atoms with Gasteiger partial charge in [0.1, 0.15) is 5.58 Å². The molecule has 21 heavy (non-hydrogen) atoms. The predicted octanol–water partition coefficient (Wildman–Crippen LogP) is 2.96. The minimum Gasteiger partial charge on any atom is -0.451 e. The molecular weight excluding hydrogens is 264 g/mol. The standard InChI is InChI=1S/C17H22N2O2/c1-3-19(14-5-4-8-18-11-14)17(20)16-10-13-9-12(2)6-7-15(13)21-16/h6-7,9-10,14,18H,3-5,8,11H2,1-2H3. The molecule has 112 valence electrons. The van der Waals surface area contributed by atoms with Crippen LogP contribution in [0.25, 0.3) is 11.0 Å². The van der Waals surface area contributed by atoms with Gasteiger partial charge < -0.3 is 14.6 Å². The number of hydrogen-bond donors (Lipinski definition) is 1. The molecule has 1 N–H and O–H groups in total. The van der Waals surface area contributed by atoms with Crippen LogP contribution in [-0.2, 0) is 0 Å². The number of nitrogens with zero attached hydrogens (tertiary/aromatic N) is 1. The fraction of sp³-hybridized carbons (Fsp3) is 0.471. The van der Waals surface area contributed by atoms with Crippen molar-refractivity contribution in [3.05, 3.63) is 35.6 Å². The van der Waals surface area contributed by atoms with E-state index in [0.717, 1.165) is 36.9 Å². The highest BCUT2D eigenvalue weighted by Crippen LogP contribution is 2.23. The van der Waals surface area contributed by atoms with Gasteiger partial charge in [-0.3, -0.25) is 4.79 Å². The number of amides is 1. The van der Waals surface area contributed by atoms with Gasteiger partial charge in [0.15, 0.2) is 5.76 Å². The molecule has 1 atom stereocenters. The van der Waals surface area contributed by atoms with E-state index in [1.807, 2.05) is 43.0 Å². The van der Waals surface area contributed by atoms with Gasteiger partial charge in [0.2, 0.25) is 0 Å². The van der Waals surface area contributed by atoms with Crippen LogP contribution in [0.3, 0.4) is 0 Å². The minimum atomic E-state index is 0.0000491. The number of aryl methyl sites for hydroxylation is 1. The lowest BCUT2D eigenvalue weighted by atomic mass is 10.1. The summed E-state index contributed by atoms with van der Waals surface area (Å²) in [7, 11) is 0. The number of furan rings is 1. The van der Waals surface area contributed by atoms with Gasteiger partial charge in [0, 0.05) is 24.5 Å². The smallest absolute Gasteiger partial charge is 0.289 e. The second-order valence-corrected chi connectivity index (χ2v) is 5.74. The maximum Gasteiger partial charge on any atom is 0.289 e. The topological polar surface area (TPSA) is 45.5 Å². The zero-order chi connectivity index (χ0) is 14.8. The first-order chi connectivity index (χ1) is 10.2. The maximum atomic E-state index is 12.7. The molecule has 1 aliphatic rings. The Hall–Kier alpha value is -1.81. The average molecular weight is 286 g/mol. The summed E-state index contributed by atoms with van der Waals surface area (Å²) >= 11 is 0. The van der Waals surface area contributed by atoms with Crippen molar-refractivity contribution in [3.63, 3.8) is 0 Å². The average Bonchev–Trinajstić information content (AvgIpc) is 2.92. The Bertz CT molecular complexity index is 641. The zero-order valence-corrected chi connectivity index (χ0v) is 12.7. The lowest BCUT2D eigenvalue weighted by molar-refractivity contribution is 0.0632. The van der Waals surface area contributed by atoms with Crippen LogP contribution in [0, 0.1) is 6.92 Å². The van der Waals surface area contributed by atoms with Crippen LogP contribution in [0.2, 0.25) is 0 Å². The van der Waals surface area contributed by atoms with Gasteiger partial charge in [-0.05, 0) is 51.4 Å². The SMILES string of the molecule is CCN(C(=O)c1cc2cc(C)ccc2o1)C1CCCNC1. The van der Waals surface area contributed by atoms with Crippen molar-refractivity contribution < 1.29 is 9.21 Å². The van der Waals surface area contributed by atoms with Crippen molar-refractivity contribution in [2.75, 3.05) is 19.6 Å². The molecular formula is C17H22N2O2. The number of carbonyl (C=O) groups is 1. The molecule has 2 heterocycles. The van der Waals surface area contributed by atoms with Gasteiger partial charge in [-0.25, -0.2) is 0 Å². The zero-order valence-electron chi connectivity index (χ0n) is 12.7. The molecule has 4 nitrogen and oxygen atoms in total. The van der Waals surface area contributed by atoms with Crippen molar-refractivity contribution in [2.45, 2.75) is 32.7 Å². The number of rotatable bonds is 3. The van der Waals surface area contributed by atoms with Crippen LogP contribution >= 0.6 is 0 Å². The molecule has 0 bridgehead atoms. The monoisotopic (exact) mass is 286 g/mol. The van der Waals surface area contributed by atoms with E-state index >= 15 is 0 Å². The highest BCUT2D eigenvalue weighted by atomic mass is 16.3. The second kappa shape index (κ2) is 5.90. The predicted molar refractivity (Wildman–Crippen MR) is 83.6 cm³/mol. The van der Waals surface area contributed by atoms with Gasteiger partial charge in [-0.15, -0.1) is 0 Å². The molecule has 0 spiro atoms. The maximum absolute atomic E-state index is 12.7. The Morgan fingerprint density at radius 2 is 2.29 bits per heavy atom. The van der Waals surface area contributed by atoms with Crippen LogP contribution in [0.1, 0.15) is 35.9 Å². The Kier molecular flexibility index (Phi) is 3.97. The molecule has 1 amide bonds. The molecule has 1 aliphatic heterocycles. The molecule has 2 aromatic rings. The summed E-state index contributed by atoms with van der Waals surface area (Å²) in [5.74, 6) is 0.447. The van der Waals surface area contributed by atoms with Gasteiger partial charge in [0.05, 0.1) is 0 Å². The summed E-state index contributed by atoms with van der Waals surface area (Å²) in [5.41, 5.74) is 1.95. The summed E-state index contributed by atoms with van der Waals surface area (Å²) in [6, 6.07) is 8.12. The Morgan fingerprint density at radius 3 is 3.00 bits per heavy atom. The van der Waals surface area contributed by atoms with Crippen LogP contribution < -0.4 is 5.32 Å². The number of hydrogen-bond acceptors (Lipinski definition) is 3. The van der Waals surface area contributed by atoms with E-state index in [0.29, 0.717) is 12.3 Å². The van der Waals surface area contributed by atoms with Gasteiger partial charge in [0.25, 0.3) is 5.91 Å². The van der Waals surface area contributed by atoms with Crippen LogP contribution in [0.4, 0.5) is 0 Å². The molecule has 0 saturated carbocycles. The van der Waals surface area contributed by atoms with E-state index in [4.69, 9.17) is 4.42 Å². The Balaban J connectivity index is 1.86. The summed E-state index contributed by atoms with van der Waals surface area (Å²) in [6.45, 7) is 6.70. The summed E-state index contributed by atoms with van der Waals surface area (Å²) in [5, 5.41) is 4.36. The van der Waals surface area contributed by atoms with Crippen LogP contribution in [0.15, 0.2) is 28.7 Å². The van der Waals surface area contributed by atoms with E-state index in [-0.39, 0.29) is 11.9 Å². The van der Waals surface area contributed by atoms with Gasteiger partial charge in [-0.2, -0.15) is 0 Å². The fourth-order valence-corrected chi connectivity index (χ4v) is 3.08. The normalized spacial score (nSPS) is 18.9. The third-order valence-corrected chi connectivity index (χ3v) is 4.20. The van der Waals surface area contributed by atoms with Crippen molar-refractivity contribution in [1.82, 2.24) is 10.2 Å². The first kappa shape index (κ1) is 14.1. The molecule has 1 fully saturated rings. The Labute approximate surface area is 125 Å². The van der Waals surface area contributed by atoms with Gasteiger partial charge in [-0.1, -0.05) is 11.6 Å². The first-order valence-corrected chi connectivity index (χ1v) is 7.71. The van der Waals surface area contributed by atoms with Crippen molar-refractivity contribution in [1.29, 1.82) is 0 Å². The van der Waals surface area contributed by atoms with Crippen molar-refractivity contribution in [2.24, 2.45) is 0 Å². The summed E-state index contributed by atoms with van der Waals surface area (Å²) in [4.78, 5) is 14.7. The summed E-state index contributed by atoms with van der Waals surface area (Å²) < 4.78 is 5.75. The number of benzene rings is 1. The molecule has 1 saturated heterocycles. The van der Waals surface area contributed by atoms with Crippen LogP contribution in [0.5, 0.6) is 0 Å². The molecule has 1 aromatic carbocycles. The van der Waals surface area contributed by atoms with E-state index in [1.165, 1.54) is 5.56 Å². The molecule has 0 aliphatic carbocycles. The highest BCUT2D eigenvalue weighted by Gasteiger charge is 2.26. The van der Waals surface area contributed by atoms with E-state index in [1.54, 1.807) is 0 Å². The van der Waals surface area contributed by atoms with Crippen molar-refractivity contribution >= 4 is 16.9 Å². The van der Waals surface area contributed by atoms with E-state index in [2.05, 4.69) is 5.32 Å². The molecule has 1 aromatic heterocycles. The number of carbonyl (C=O) groups excluding carboxylic acids is 1. The highest BCUT2D eigenvalue weighted by molar-refractivity contribution is 5.96. The lowest BCUT2D eigenvalue weighted by Crippen LogP contribution is -2.48. The number of nitrogens with one attached hydrogen (secondary N) is 1. The largest absolute Gasteiger partial charge is 0.451 e. The molecule has 3 rings (SSSR count). The first-order valence-electron chi connectivity index (χ1n) is 7.71. The third kappa shape index (κ3) is 2.81. The lowest BCUT2D eigenvalue weighted by Gasteiger charge is -2.33. The number of piperidine rings is 1. The molecule has 0 radical (unpaired) electrons.